The standard InChI is InChI=1S/C19H18F3NO4/c1-12-6-5-7-14(10-12)27-13(2)18(25)26-11-17(24)23-16-9-4-3-8-15(16)19(20,21)22/h3-10,13H,11H2,1-2H3,(H,23,24)/t13-/m0/s1. The van der Waals surface area contributed by atoms with E-state index in [1.807, 2.05) is 13.0 Å². The highest BCUT2D eigenvalue weighted by Crippen LogP contribution is 2.34. The van der Waals surface area contributed by atoms with Gasteiger partial charge in [-0.2, -0.15) is 13.2 Å². The van der Waals surface area contributed by atoms with E-state index in [1.54, 1.807) is 18.2 Å². The lowest BCUT2D eigenvalue weighted by Crippen LogP contribution is -2.30. The fraction of sp³-hybridized carbons (Fsp3) is 0.263. The van der Waals surface area contributed by atoms with Crippen molar-refractivity contribution in [2.24, 2.45) is 0 Å². The van der Waals surface area contributed by atoms with Crippen LogP contribution in [0.1, 0.15) is 18.1 Å². The number of ether oxygens (including phenoxy) is 2. The summed E-state index contributed by atoms with van der Waals surface area (Å²) in [5, 5.41) is 2.09. The van der Waals surface area contributed by atoms with Crippen molar-refractivity contribution < 1.29 is 32.2 Å². The number of aryl methyl sites for hydroxylation is 1. The summed E-state index contributed by atoms with van der Waals surface area (Å²) < 4.78 is 48.9. The van der Waals surface area contributed by atoms with Gasteiger partial charge in [0.05, 0.1) is 11.3 Å². The molecule has 0 heterocycles. The fourth-order valence-electron chi connectivity index (χ4n) is 2.22. The van der Waals surface area contributed by atoms with E-state index in [2.05, 4.69) is 5.32 Å². The van der Waals surface area contributed by atoms with E-state index in [0.717, 1.165) is 17.7 Å². The number of para-hydroxylation sites is 1. The van der Waals surface area contributed by atoms with Gasteiger partial charge in [0.25, 0.3) is 5.91 Å². The second kappa shape index (κ2) is 8.57. The van der Waals surface area contributed by atoms with Crippen LogP contribution in [0.3, 0.4) is 0 Å². The lowest BCUT2D eigenvalue weighted by atomic mass is 10.1. The Morgan fingerprint density at radius 2 is 1.81 bits per heavy atom. The van der Waals surface area contributed by atoms with Crippen LogP contribution in [0, 0.1) is 6.92 Å². The molecule has 0 bridgehead atoms. The van der Waals surface area contributed by atoms with Crippen molar-refractivity contribution in [3.63, 3.8) is 0 Å². The molecule has 8 heteroatoms. The SMILES string of the molecule is Cc1cccc(O[C@@H](C)C(=O)OCC(=O)Nc2ccccc2C(F)(F)F)c1. The molecule has 1 N–H and O–H groups in total. The maximum absolute atomic E-state index is 12.9. The molecule has 27 heavy (non-hydrogen) atoms. The summed E-state index contributed by atoms with van der Waals surface area (Å²) in [5.41, 5.74) is -0.452. The van der Waals surface area contributed by atoms with E-state index < -0.39 is 42.0 Å². The predicted octanol–water partition coefficient (Wildman–Crippen LogP) is 3.96. The molecule has 5 nitrogen and oxygen atoms in total. The maximum Gasteiger partial charge on any atom is 0.418 e. The number of nitrogens with one attached hydrogen (secondary N) is 1. The van der Waals surface area contributed by atoms with Crippen molar-refractivity contribution in [3.8, 4) is 5.75 Å². The Kier molecular flexibility index (Phi) is 6.44. The van der Waals surface area contributed by atoms with Crippen LogP contribution in [-0.4, -0.2) is 24.6 Å². The van der Waals surface area contributed by atoms with Gasteiger partial charge in [-0.15, -0.1) is 0 Å². The molecular formula is C19H18F3NO4. The second-order valence-electron chi connectivity index (χ2n) is 5.78. The minimum absolute atomic E-state index is 0.407. The minimum Gasteiger partial charge on any atom is -0.479 e. The van der Waals surface area contributed by atoms with Gasteiger partial charge < -0.3 is 14.8 Å². The van der Waals surface area contributed by atoms with Gasteiger partial charge in [-0.3, -0.25) is 4.79 Å². The summed E-state index contributed by atoms with van der Waals surface area (Å²) in [6, 6.07) is 11.5. The van der Waals surface area contributed by atoms with Crippen LogP contribution >= 0.6 is 0 Å². The van der Waals surface area contributed by atoms with E-state index in [4.69, 9.17) is 9.47 Å². The molecule has 0 saturated carbocycles. The third-order valence-corrected chi connectivity index (χ3v) is 3.49. The van der Waals surface area contributed by atoms with Gasteiger partial charge in [-0.25, -0.2) is 4.79 Å². The molecule has 2 aromatic carbocycles. The highest BCUT2D eigenvalue weighted by molar-refractivity contribution is 5.93. The summed E-state index contributed by atoms with van der Waals surface area (Å²) in [4.78, 5) is 23.7. The number of hydrogen-bond acceptors (Lipinski definition) is 4. The normalized spacial score (nSPS) is 12.2. The molecule has 0 saturated heterocycles. The monoisotopic (exact) mass is 381 g/mol. The van der Waals surface area contributed by atoms with Gasteiger partial charge in [0.15, 0.2) is 12.7 Å². The Hall–Kier alpha value is -3.03. The van der Waals surface area contributed by atoms with Crippen LogP contribution in [0.15, 0.2) is 48.5 Å². The minimum atomic E-state index is -4.61. The van der Waals surface area contributed by atoms with E-state index in [0.29, 0.717) is 5.75 Å². The molecule has 0 aliphatic heterocycles. The molecule has 0 fully saturated rings. The first kappa shape index (κ1) is 20.3. The summed E-state index contributed by atoms with van der Waals surface area (Å²) in [5.74, 6) is -1.23. The van der Waals surface area contributed by atoms with Crippen molar-refractivity contribution in [2.75, 3.05) is 11.9 Å². The molecule has 1 atom stereocenters. The molecule has 0 aliphatic rings. The van der Waals surface area contributed by atoms with Gasteiger partial charge in [-0.1, -0.05) is 24.3 Å². The first-order valence-electron chi connectivity index (χ1n) is 8.03. The summed E-state index contributed by atoms with van der Waals surface area (Å²) in [6.07, 6.45) is -5.60. The molecule has 2 rings (SSSR count). The molecule has 144 valence electrons. The van der Waals surface area contributed by atoms with Crippen LogP contribution in [0.4, 0.5) is 18.9 Å². The molecule has 0 aliphatic carbocycles. The smallest absolute Gasteiger partial charge is 0.418 e. The van der Waals surface area contributed by atoms with Gasteiger partial charge in [0.1, 0.15) is 5.75 Å². The van der Waals surface area contributed by atoms with E-state index in [-0.39, 0.29) is 0 Å². The highest BCUT2D eigenvalue weighted by Gasteiger charge is 2.33. The molecule has 0 unspecified atom stereocenters. The van der Waals surface area contributed by atoms with Crippen molar-refractivity contribution >= 4 is 17.6 Å². The molecule has 0 spiro atoms. The molecule has 0 radical (unpaired) electrons. The van der Waals surface area contributed by atoms with Crippen LogP contribution in [-0.2, 0) is 20.5 Å². The van der Waals surface area contributed by atoms with Gasteiger partial charge in [-0.05, 0) is 43.7 Å². The molecule has 0 aromatic heterocycles. The average molecular weight is 381 g/mol. The number of carbonyl (C=O) groups is 2. The average Bonchev–Trinajstić information content (AvgIpc) is 2.59. The van der Waals surface area contributed by atoms with Gasteiger partial charge in [0, 0.05) is 0 Å². The summed E-state index contributed by atoms with van der Waals surface area (Å²) >= 11 is 0. The van der Waals surface area contributed by atoms with E-state index in [1.165, 1.54) is 19.1 Å². The maximum atomic E-state index is 12.9. The third kappa shape index (κ3) is 6.02. The zero-order valence-corrected chi connectivity index (χ0v) is 14.7. The number of halogens is 3. The Bertz CT molecular complexity index is 821. The van der Waals surface area contributed by atoms with E-state index >= 15 is 0 Å². The molecular weight excluding hydrogens is 363 g/mol. The lowest BCUT2D eigenvalue weighted by molar-refractivity contribution is -0.153. The first-order valence-corrected chi connectivity index (χ1v) is 8.03. The Morgan fingerprint density at radius 3 is 2.48 bits per heavy atom. The largest absolute Gasteiger partial charge is 0.479 e. The number of amides is 1. The van der Waals surface area contributed by atoms with Gasteiger partial charge in [0.2, 0.25) is 0 Å². The number of anilines is 1. The summed E-state index contributed by atoms with van der Waals surface area (Å²) in [7, 11) is 0. The Morgan fingerprint density at radius 1 is 1.11 bits per heavy atom. The number of esters is 1. The van der Waals surface area contributed by atoms with Crippen LogP contribution in [0.5, 0.6) is 5.75 Å². The van der Waals surface area contributed by atoms with Gasteiger partial charge >= 0.3 is 12.1 Å². The van der Waals surface area contributed by atoms with Crippen molar-refractivity contribution in [1.29, 1.82) is 0 Å². The van der Waals surface area contributed by atoms with E-state index in [9.17, 15) is 22.8 Å². The summed E-state index contributed by atoms with van der Waals surface area (Å²) in [6.45, 7) is 2.58. The van der Waals surface area contributed by atoms with Crippen LogP contribution in [0.2, 0.25) is 0 Å². The Balaban J connectivity index is 1.89. The molecule has 2 aromatic rings. The molecule has 1 amide bonds. The highest BCUT2D eigenvalue weighted by atomic mass is 19.4. The zero-order chi connectivity index (χ0) is 20.0. The quantitative estimate of drug-likeness (QED) is 0.770. The van der Waals surface area contributed by atoms with Crippen molar-refractivity contribution in [2.45, 2.75) is 26.1 Å². The topological polar surface area (TPSA) is 64.6 Å². The first-order chi connectivity index (χ1) is 12.7. The van der Waals surface area contributed by atoms with Crippen LogP contribution < -0.4 is 10.1 Å². The predicted molar refractivity (Wildman–Crippen MR) is 92.3 cm³/mol. The number of hydrogen-bond donors (Lipinski definition) is 1. The number of alkyl halides is 3. The third-order valence-electron chi connectivity index (χ3n) is 3.49. The number of benzene rings is 2. The number of carbonyl (C=O) groups excluding carboxylic acids is 2. The van der Waals surface area contributed by atoms with Crippen molar-refractivity contribution in [1.82, 2.24) is 0 Å². The fourth-order valence-corrected chi connectivity index (χ4v) is 2.22. The second-order valence-corrected chi connectivity index (χ2v) is 5.78. The van der Waals surface area contributed by atoms with Crippen LogP contribution in [0.25, 0.3) is 0 Å². The lowest BCUT2D eigenvalue weighted by Gasteiger charge is -2.15. The zero-order valence-electron chi connectivity index (χ0n) is 14.7. The Labute approximate surface area is 154 Å². The number of rotatable bonds is 6. The van der Waals surface area contributed by atoms with Crippen molar-refractivity contribution in [3.05, 3.63) is 59.7 Å².